The molecule has 38 valence electrons. The van der Waals surface area contributed by atoms with Crippen molar-refractivity contribution >= 4 is 52.0 Å². The molecule has 0 aliphatic heterocycles. The van der Waals surface area contributed by atoms with Gasteiger partial charge in [-0.1, -0.05) is 0 Å². The van der Waals surface area contributed by atoms with Crippen LogP contribution >= 0.6 is 0 Å². The molecule has 0 saturated heterocycles. The summed E-state index contributed by atoms with van der Waals surface area (Å²) in [6, 6.07) is 0. The van der Waals surface area contributed by atoms with E-state index in [1.165, 1.54) is 0 Å². The summed E-state index contributed by atoms with van der Waals surface area (Å²) in [4.78, 5) is 0. The van der Waals surface area contributed by atoms with E-state index in [1.54, 1.807) is 0 Å². The molecule has 0 heterocycles. The van der Waals surface area contributed by atoms with Crippen molar-refractivity contribution in [3.05, 3.63) is 0 Å². The van der Waals surface area contributed by atoms with Crippen LogP contribution in [0.1, 0.15) is 0 Å². The quantitative estimate of drug-likeness (QED) is 0.288. The Bertz CT molecular complexity index is 11.6. The van der Waals surface area contributed by atoms with Gasteiger partial charge in [-0.2, -0.15) is 0 Å². The fraction of sp³-hybridized carbons (Fsp3) is 0. The van der Waals surface area contributed by atoms with E-state index in [0.717, 1.165) is 0 Å². The van der Waals surface area contributed by atoms with Crippen LogP contribution in [0.5, 0.6) is 0 Å². The first-order valence-electron chi connectivity index (χ1n) is 0. The molecule has 0 bridgehead atoms. The van der Waals surface area contributed by atoms with E-state index in [0.29, 0.717) is 0 Å². The van der Waals surface area contributed by atoms with Gasteiger partial charge >= 0.3 is 52.0 Å². The van der Waals surface area contributed by atoms with Crippen LogP contribution in [0.15, 0.2) is 0 Å². The molecule has 0 aromatic rings. The average molecular weight is 567 g/mol. The van der Waals surface area contributed by atoms with Crippen molar-refractivity contribution in [2.75, 3.05) is 0 Å². The van der Waals surface area contributed by atoms with Crippen molar-refractivity contribution in [1.29, 1.82) is 0 Å². The summed E-state index contributed by atoms with van der Waals surface area (Å²) < 4.78 is 0. The zero-order valence-electron chi connectivity index (χ0n) is 2.02. The van der Waals surface area contributed by atoms with Gasteiger partial charge in [0.2, 0.25) is 0 Å². The van der Waals surface area contributed by atoms with Crippen LogP contribution in [-0.2, 0) is 58.9 Å². The molecule has 2 radical (unpaired) electrons. The molecule has 0 amide bonds. The average Bonchev–Trinajstić information content (AvgIpc) is 0. The molecule has 0 aliphatic carbocycles. The summed E-state index contributed by atoms with van der Waals surface area (Å²) in [7, 11) is 0. The van der Waals surface area contributed by atoms with Gasteiger partial charge in [0, 0.05) is 58.9 Å². The Hall–Kier alpha value is 3.64. The van der Waals surface area contributed by atoms with E-state index in [9.17, 15) is 0 Å². The molecule has 0 aliphatic rings. The van der Waals surface area contributed by atoms with Gasteiger partial charge in [-0.3, -0.25) is 0 Å². The molecule has 0 aromatic carbocycles. The minimum atomic E-state index is 0. The molecule has 0 atom stereocenters. The Kier molecular flexibility index (Phi) is 194. The van der Waals surface area contributed by atoms with Crippen LogP contribution < -0.4 is 0 Å². The summed E-state index contributed by atoms with van der Waals surface area (Å²) in [6.07, 6.45) is 0. The van der Waals surface area contributed by atoms with E-state index in [1.807, 2.05) is 0 Å². The molecule has 0 unspecified atom stereocenters. The normalized spacial score (nSPS) is 0. The van der Waals surface area contributed by atoms with Crippen molar-refractivity contribution in [1.82, 2.24) is 0 Å². The third-order valence-electron chi connectivity index (χ3n) is 0. The van der Waals surface area contributed by atoms with E-state index in [4.69, 9.17) is 0 Å². The predicted molar refractivity (Wildman–Crippen MR) is 19.9 cm³/mol. The zero-order valence-corrected chi connectivity index (χ0v) is 12.9. The number of hydrogen-bond donors (Lipinski definition) is 0. The van der Waals surface area contributed by atoms with Gasteiger partial charge in [0.05, 0.1) is 0 Å². The fourth-order valence-electron chi connectivity index (χ4n) is 0. The van der Waals surface area contributed by atoms with Crippen molar-refractivity contribution in [2.45, 2.75) is 0 Å². The monoisotopic (exact) mass is 564 g/mol. The maximum Gasteiger partial charge on any atom is 0 e. The van der Waals surface area contributed by atoms with E-state index in [2.05, 4.69) is 0 Å². The minimum absolute atomic E-state index is 0. The van der Waals surface area contributed by atoms with Gasteiger partial charge in [0.1, 0.15) is 0 Å². The molecule has 0 fully saturated rings. The molecule has 5 heteroatoms. The third kappa shape index (κ3) is 18.3. The fourth-order valence-corrected chi connectivity index (χ4v) is 0. The Morgan fingerprint density at radius 1 is 1.00 bits per heavy atom. The van der Waals surface area contributed by atoms with Gasteiger partial charge in [-0.25, -0.2) is 0 Å². The largest absolute Gasteiger partial charge is 0 e. The Morgan fingerprint density at radius 2 is 1.00 bits per heavy atom. The molecule has 0 saturated carbocycles. The second-order valence-corrected chi connectivity index (χ2v) is 0. The summed E-state index contributed by atoms with van der Waals surface area (Å²) in [6.45, 7) is 0. The first-order valence-corrected chi connectivity index (χ1v) is 0. The van der Waals surface area contributed by atoms with E-state index in [-0.39, 0.29) is 111 Å². The summed E-state index contributed by atoms with van der Waals surface area (Å²) in [5.74, 6) is 0. The predicted octanol–water partition coefficient (Wildman–Crippen LogP) is -2.38. The second-order valence-electron chi connectivity index (χ2n) is 0. The van der Waals surface area contributed by atoms with Gasteiger partial charge in [-0.05, 0) is 0 Å². The van der Waals surface area contributed by atoms with Crippen LogP contribution in [-0.4, -0.2) is 52.0 Å². The van der Waals surface area contributed by atoms with Gasteiger partial charge in [-0.15, -0.1) is 0 Å². The standard InChI is InChI=1S/Ag.Bi.Cu.In.Zn.6H. The third-order valence-corrected chi connectivity index (χ3v) is 0. The van der Waals surface area contributed by atoms with Crippen LogP contribution in [0, 0.1) is 0 Å². The maximum absolute atomic E-state index is 0. The Balaban J connectivity index is 0. The van der Waals surface area contributed by atoms with Crippen molar-refractivity contribution in [2.24, 2.45) is 0 Å². The van der Waals surface area contributed by atoms with Gasteiger partial charge in [0.15, 0.2) is 0 Å². The molecular formula is H6AgBiCuInZn. The van der Waals surface area contributed by atoms with Gasteiger partial charge < -0.3 is 0 Å². The molecule has 0 N–H and O–H groups in total. The summed E-state index contributed by atoms with van der Waals surface area (Å²) in [5, 5.41) is 0. The molecule has 0 aromatic heterocycles. The number of hydrogen-bond acceptors (Lipinski definition) is 0. The van der Waals surface area contributed by atoms with Crippen molar-refractivity contribution in [3.8, 4) is 0 Å². The van der Waals surface area contributed by atoms with Crippen molar-refractivity contribution in [3.63, 3.8) is 0 Å². The Labute approximate surface area is 109 Å². The van der Waals surface area contributed by atoms with Crippen LogP contribution in [0.25, 0.3) is 0 Å². The Morgan fingerprint density at radius 3 is 1.00 bits per heavy atom. The zero-order chi connectivity index (χ0) is 0. The van der Waals surface area contributed by atoms with Crippen LogP contribution in [0.3, 0.4) is 0 Å². The first kappa shape index (κ1) is 38.1. The SMILES string of the molecule is [Ag].[BiH3].[Cu].[InH3].[Zn]. The molecular weight excluding hydrogens is 561 g/mol. The second kappa shape index (κ2) is 25.4. The van der Waals surface area contributed by atoms with Crippen molar-refractivity contribution < 1.29 is 58.9 Å². The van der Waals surface area contributed by atoms with E-state index < -0.39 is 0 Å². The summed E-state index contributed by atoms with van der Waals surface area (Å²) in [5.41, 5.74) is 0. The maximum atomic E-state index is 0. The van der Waals surface area contributed by atoms with Crippen LogP contribution in [0.2, 0.25) is 0 Å². The first-order chi connectivity index (χ1) is 0. The van der Waals surface area contributed by atoms with Gasteiger partial charge in [0.25, 0.3) is 0 Å². The number of rotatable bonds is 0. The van der Waals surface area contributed by atoms with Crippen LogP contribution in [0.4, 0.5) is 0 Å². The molecule has 0 rings (SSSR count). The molecule has 0 spiro atoms. The van der Waals surface area contributed by atoms with E-state index >= 15 is 0 Å². The summed E-state index contributed by atoms with van der Waals surface area (Å²) >= 11 is 0. The smallest absolute Gasteiger partial charge is 0 e. The minimum Gasteiger partial charge on any atom is 0 e. The molecule has 5 heavy (non-hydrogen) atoms. The topological polar surface area (TPSA) is 0 Å². The molecule has 0 nitrogen and oxygen atoms in total.